The van der Waals surface area contributed by atoms with Crippen molar-refractivity contribution in [3.05, 3.63) is 41.8 Å². The van der Waals surface area contributed by atoms with E-state index in [2.05, 4.69) is 47.7 Å². The van der Waals surface area contributed by atoms with Gasteiger partial charge in [-0.05, 0) is 36.1 Å². The molecule has 0 unspecified atom stereocenters. The van der Waals surface area contributed by atoms with Crippen LogP contribution in [-0.4, -0.2) is 32.8 Å². The molecule has 2 heterocycles. The van der Waals surface area contributed by atoms with E-state index in [4.69, 9.17) is 11.6 Å². The maximum atomic E-state index is 5.99. The zero-order valence-electron chi connectivity index (χ0n) is 15.1. The minimum Gasteiger partial charge on any atom is -0.355 e. The number of rotatable bonds is 6. The first-order valence-corrected chi connectivity index (χ1v) is 9.03. The van der Waals surface area contributed by atoms with Crippen molar-refractivity contribution in [2.75, 3.05) is 18.0 Å². The van der Waals surface area contributed by atoms with E-state index in [1.807, 2.05) is 35.1 Å². The molecule has 0 saturated heterocycles. The van der Waals surface area contributed by atoms with Crippen molar-refractivity contribution >= 4 is 28.5 Å². The van der Waals surface area contributed by atoms with Crippen molar-refractivity contribution in [2.45, 2.75) is 27.7 Å². The third kappa shape index (κ3) is 3.93. The lowest BCUT2D eigenvalue weighted by molar-refractivity contribution is 0.550. The van der Waals surface area contributed by atoms with Gasteiger partial charge in [-0.3, -0.25) is 0 Å². The van der Waals surface area contributed by atoms with Gasteiger partial charge in [0, 0.05) is 18.1 Å². The number of nitrogens with zero attached hydrogens (tertiary/aromatic N) is 5. The zero-order valence-corrected chi connectivity index (χ0v) is 15.9. The van der Waals surface area contributed by atoms with E-state index in [-0.39, 0.29) is 0 Å². The lowest BCUT2D eigenvalue weighted by atomic mass is 10.1. The molecule has 0 aliphatic rings. The van der Waals surface area contributed by atoms with E-state index >= 15 is 0 Å². The van der Waals surface area contributed by atoms with Crippen LogP contribution in [0.25, 0.3) is 16.7 Å². The molecular weight excluding hydrogens is 334 g/mol. The minimum absolute atomic E-state index is 0.551. The van der Waals surface area contributed by atoms with E-state index in [0.717, 1.165) is 35.6 Å². The summed E-state index contributed by atoms with van der Waals surface area (Å²) in [5, 5.41) is 6.22. The van der Waals surface area contributed by atoms with Gasteiger partial charge in [-0.25, -0.2) is 14.6 Å². The largest absolute Gasteiger partial charge is 0.355 e. The second-order valence-corrected chi connectivity index (χ2v) is 7.60. The number of fused-ring (bicyclic) bond motifs is 1. The molecule has 0 atom stereocenters. The predicted molar refractivity (Wildman–Crippen MR) is 104 cm³/mol. The highest BCUT2D eigenvalue weighted by molar-refractivity contribution is 6.30. The quantitative estimate of drug-likeness (QED) is 0.647. The minimum atomic E-state index is 0.551. The lowest BCUT2D eigenvalue weighted by Gasteiger charge is -2.27. The Kier molecular flexibility index (Phi) is 5.23. The first-order chi connectivity index (χ1) is 12.0. The summed E-state index contributed by atoms with van der Waals surface area (Å²) in [6, 6.07) is 7.60. The highest BCUT2D eigenvalue weighted by atomic mass is 35.5. The van der Waals surface area contributed by atoms with Gasteiger partial charge < -0.3 is 4.90 Å². The standard InChI is InChI=1S/C19H24ClN5/c1-13(2)10-24(11-14(3)4)18-17-9-23-25(19(17)22-12-21-18)16-7-5-15(20)6-8-16/h5-9,12-14H,10-11H2,1-4H3. The predicted octanol–water partition coefficient (Wildman–Crippen LogP) is 4.59. The molecule has 1 aromatic carbocycles. The Labute approximate surface area is 153 Å². The molecule has 0 radical (unpaired) electrons. The lowest BCUT2D eigenvalue weighted by Crippen LogP contribution is -2.32. The molecule has 5 nitrogen and oxygen atoms in total. The smallest absolute Gasteiger partial charge is 0.168 e. The second-order valence-electron chi connectivity index (χ2n) is 7.16. The fraction of sp³-hybridized carbons (Fsp3) is 0.421. The summed E-state index contributed by atoms with van der Waals surface area (Å²) < 4.78 is 1.83. The zero-order chi connectivity index (χ0) is 18.0. The molecule has 2 aromatic heterocycles. The van der Waals surface area contributed by atoms with Gasteiger partial charge in [0.15, 0.2) is 5.65 Å². The molecule has 0 spiro atoms. The van der Waals surface area contributed by atoms with Gasteiger partial charge in [-0.2, -0.15) is 5.10 Å². The Hall–Kier alpha value is -2.14. The molecule has 6 heteroatoms. The molecular formula is C19H24ClN5. The third-order valence-electron chi connectivity index (χ3n) is 3.89. The molecule has 3 aromatic rings. The van der Waals surface area contributed by atoms with Crippen LogP contribution in [0.3, 0.4) is 0 Å². The van der Waals surface area contributed by atoms with Crippen molar-refractivity contribution in [3.63, 3.8) is 0 Å². The molecule has 132 valence electrons. The van der Waals surface area contributed by atoms with Crippen molar-refractivity contribution in [2.24, 2.45) is 11.8 Å². The normalized spacial score (nSPS) is 11.6. The van der Waals surface area contributed by atoms with Crippen LogP contribution >= 0.6 is 11.6 Å². The Morgan fingerprint density at radius 1 is 1.00 bits per heavy atom. The van der Waals surface area contributed by atoms with Crippen LogP contribution in [0.2, 0.25) is 5.02 Å². The van der Waals surface area contributed by atoms with E-state index in [0.29, 0.717) is 16.9 Å². The van der Waals surface area contributed by atoms with Crippen LogP contribution in [0.5, 0.6) is 0 Å². The molecule has 0 N–H and O–H groups in total. The summed E-state index contributed by atoms with van der Waals surface area (Å²) in [7, 11) is 0. The second kappa shape index (κ2) is 7.40. The molecule has 25 heavy (non-hydrogen) atoms. The highest BCUT2D eigenvalue weighted by Crippen LogP contribution is 2.26. The van der Waals surface area contributed by atoms with Crippen LogP contribution in [0.15, 0.2) is 36.8 Å². The fourth-order valence-corrected chi connectivity index (χ4v) is 3.11. The monoisotopic (exact) mass is 357 g/mol. The highest BCUT2D eigenvalue weighted by Gasteiger charge is 2.18. The molecule has 0 saturated carbocycles. The van der Waals surface area contributed by atoms with Crippen molar-refractivity contribution in [1.82, 2.24) is 19.7 Å². The average Bonchev–Trinajstić information content (AvgIpc) is 2.98. The number of halogens is 1. The third-order valence-corrected chi connectivity index (χ3v) is 4.14. The Bertz CT molecular complexity index is 829. The van der Waals surface area contributed by atoms with Crippen molar-refractivity contribution < 1.29 is 0 Å². The van der Waals surface area contributed by atoms with E-state index in [1.54, 1.807) is 6.33 Å². The van der Waals surface area contributed by atoms with Gasteiger partial charge in [0.1, 0.15) is 12.1 Å². The first kappa shape index (κ1) is 17.7. The number of hydrogen-bond acceptors (Lipinski definition) is 4. The topological polar surface area (TPSA) is 46.8 Å². The summed E-state index contributed by atoms with van der Waals surface area (Å²) in [6.45, 7) is 10.8. The van der Waals surface area contributed by atoms with Gasteiger partial charge in [-0.15, -0.1) is 0 Å². The molecule has 0 aliphatic heterocycles. The molecule has 0 aliphatic carbocycles. The number of anilines is 1. The Balaban J connectivity index is 2.06. The van der Waals surface area contributed by atoms with E-state index < -0.39 is 0 Å². The van der Waals surface area contributed by atoms with Gasteiger partial charge in [0.2, 0.25) is 0 Å². The summed E-state index contributed by atoms with van der Waals surface area (Å²) in [5.41, 5.74) is 1.74. The van der Waals surface area contributed by atoms with Crippen molar-refractivity contribution in [1.29, 1.82) is 0 Å². The maximum Gasteiger partial charge on any atom is 0.168 e. The molecule has 0 bridgehead atoms. The number of benzene rings is 1. The first-order valence-electron chi connectivity index (χ1n) is 8.65. The molecule has 0 amide bonds. The Morgan fingerprint density at radius 2 is 1.64 bits per heavy atom. The van der Waals surface area contributed by atoms with Crippen LogP contribution in [-0.2, 0) is 0 Å². The number of aromatic nitrogens is 4. The van der Waals surface area contributed by atoms with Crippen LogP contribution < -0.4 is 4.90 Å². The SMILES string of the molecule is CC(C)CN(CC(C)C)c1ncnc2c1cnn2-c1ccc(Cl)cc1. The summed E-state index contributed by atoms with van der Waals surface area (Å²) >= 11 is 5.99. The molecule has 0 fully saturated rings. The van der Waals surface area contributed by atoms with E-state index in [1.165, 1.54) is 0 Å². The van der Waals surface area contributed by atoms with Crippen LogP contribution in [0.4, 0.5) is 5.82 Å². The average molecular weight is 358 g/mol. The summed E-state index contributed by atoms with van der Waals surface area (Å²) in [5.74, 6) is 2.05. The van der Waals surface area contributed by atoms with Gasteiger partial charge >= 0.3 is 0 Å². The molecule has 3 rings (SSSR count). The summed E-state index contributed by atoms with van der Waals surface area (Å²) in [6.07, 6.45) is 3.48. The maximum absolute atomic E-state index is 5.99. The van der Waals surface area contributed by atoms with Gasteiger partial charge in [0.05, 0.1) is 17.3 Å². The van der Waals surface area contributed by atoms with Crippen LogP contribution in [0.1, 0.15) is 27.7 Å². The summed E-state index contributed by atoms with van der Waals surface area (Å²) in [4.78, 5) is 11.4. The van der Waals surface area contributed by atoms with Crippen LogP contribution in [0, 0.1) is 11.8 Å². The van der Waals surface area contributed by atoms with Gasteiger partial charge in [0.25, 0.3) is 0 Å². The van der Waals surface area contributed by atoms with E-state index in [9.17, 15) is 0 Å². The van der Waals surface area contributed by atoms with Gasteiger partial charge in [-0.1, -0.05) is 39.3 Å². The number of hydrogen-bond donors (Lipinski definition) is 0. The Morgan fingerprint density at radius 3 is 2.24 bits per heavy atom. The fourth-order valence-electron chi connectivity index (χ4n) is 2.98. The van der Waals surface area contributed by atoms with Crippen molar-refractivity contribution in [3.8, 4) is 5.69 Å².